The monoisotopic (exact) mass is 607 g/mol. The van der Waals surface area contributed by atoms with E-state index in [1.54, 1.807) is 6.07 Å². The molecule has 10 heteroatoms. The molecule has 2 aliphatic carbocycles. The van der Waals surface area contributed by atoms with E-state index in [-0.39, 0.29) is 16.3 Å². The summed E-state index contributed by atoms with van der Waals surface area (Å²) in [4.78, 5) is 17.4. The maximum atomic E-state index is 13.8. The second-order valence-electron chi connectivity index (χ2n) is 12.2. The van der Waals surface area contributed by atoms with Crippen molar-refractivity contribution in [3.05, 3.63) is 81.2 Å². The Labute approximate surface area is 251 Å². The number of allylic oxidation sites excluding steroid dienone is 1. The van der Waals surface area contributed by atoms with E-state index in [1.807, 2.05) is 25.1 Å². The second-order valence-corrected chi connectivity index (χ2v) is 12.6. The van der Waals surface area contributed by atoms with Crippen LogP contribution in [0.3, 0.4) is 0 Å². The molecule has 222 valence electrons. The summed E-state index contributed by atoms with van der Waals surface area (Å²) in [5, 5.41) is 14.3. The number of carboxylic acids is 1. The summed E-state index contributed by atoms with van der Waals surface area (Å²) in [6, 6.07) is 11.2. The Morgan fingerprint density at radius 3 is 2.53 bits per heavy atom. The molecule has 6 nitrogen and oxygen atoms in total. The first-order valence-electron chi connectivity index (χ1n) is 14.5. The molecule has 3 aliphatic rings. The fraction of sp³-hybridized carbons (Fsp3) is 0.364. The highest BCUT2D eigenvalue weighted by molar-refractivity contribution is 6.33. The molecule has 2 aromatic heterocycles. The predicted molar refractivity (Wildman–Crippen MR) is 158 cm³/mol. The number of alkyl halides is 3. The van der Waals surface area contributed by atoms with Gasteiger partial charge < -0.3 is 14.5 Å². The molecule has 0 atom stereocenters. The van der Waals surface area contributed by atoms with Gasteiger partial charge in [-0.3, -0.25) is 0 Å². The maximum Gasteiger partial charge on any atom is 0.417 e. The van der Waals surface area contributed by atoms with Gasteiger partial charge in [0.15, 0.2) is 0 Å². The number of pyridine rings is 1. The molecule has 1 N–H and O–H groups in total. The van der Waals surface area contributed by atoms with Gasteiger partial charge in [0.2, 0.25) is 0 Å². The van der Waals surface area contributed by atoms with Crippen LogP contribution in [0.1, 0.15) is 77.4 Å². The number of hydrogen-bond acceptors (Lipinski definition) is 5. The molecule has 7 rings (SSSR count). The fourth-order valence-corrected chi connectivity index (χ4v) is 7.08. The Morgan fingerprint density at radius 1 is 1.14 bits per heavy atom. The van der Waals surface area contributed by atoms with E-state index in [0.717, 1.165) is 79.8 Å². The lowest BCUT2D eigenvalue weighted by atomic mass is 9.60. The molecule has 2 saturated carbocycles. The lowest BCUT2D eigenvalue weighted by molar-refractivity contribution is -0.136. The first kappa shape index (κ1) is 28.0. The summed E-state index contributed by atoms with van der Waals surface area (Å²) >= 11 is 6.60. The van der Waals surface area contributed by atoms with Crippen molar-refractivity contribution in [2.75, 3.05) is 18.0 Å². The normalized spacial score (nSPS) is 18.3. The second kappa shape index (κ2) is 10.1. The number of fused-ring (bicyclic) bond motifs is 1. The number of piperidine rings is 1. The van der Waals surface area contributed by atoms with Gasteiger partial charge in [-0.05, 0) is 92.8 Å². The number of halogens is 4. The Kier molecular flexibility index (Phi) is 6.57. The van der Waals surface area contributed by atoms with E-state index in [1.165, 1.54) is 17.7 Å². The minimum atomic E-state index is -4.70. The summed E-state index contributed by atoms with van der Waals surface area (Å²) < 4.78 is 47.4. The van der Waals surface area contributed by atoms with E-state index in [4.69, 9.17) is 16.1 Å². The molecule has 0 amide bonds. The van der Waals surface area contributed by atoms with Gasteiger partial charge >= 0.3 is 12.1 Å². The highest BCUT2D eigenvalue weighted by Crippen LogP contribution is 2.54. The zero-order chi connectivity index (χ0) is 30.1. The maximum absolute atomic E-state index is 13.8. The third kappa shape index (κ3) is 5.07. The van der Waals surface area contributed by atoms with Crippen LogP contribution in [0.25, 0.3) is 28.2 Å². The number of carboxylic acid groups (broad SMARTS) is 1. The SMILES string of the molecule is Cc1cccc(Cl)c1-c1noc(C2CC2)c1C=C1CC2(CCN(c3ccc4nc(C(=O)O)cc(C(F)(F)F)c4c3)CC2)C1. The summed E-state index contributed by atoms with van der Waals surface area (Å²) in [6.07, 6.45) is 3.55. The summed E-state index contributed by atoms with van der Waals surface area (Å²) in [7, 11) is 0. The Hall–Kier alpha value is -3.85. The van der Waals surface area contributed by atoms with Gasteiger partial charge in [0.05, 0.1) is 16.1 Å². The molecular weight excluding hydrogens is 579 g/mol. The summed E-state index contributed by atoms with van der Waals surface area (Å²) in [6.45, 7) is 3.48. The average molecular weight is 608 g/mol. The van der Waals surface area contributed by atoms with Gasteiger partial charge in [0.1, 0.15) is 17.1 Å². The number of benzene rings is 2. The molecule has 3 fully saturated rings. The van der Waals surface area contributed by atoms with Crippen molar-refractivity contribution in [3.63, 3.8) is 0 Å². The van der Waals surface area contributed by atoms with Gasteiger partial charge in [-0.1, -0.05) is 34.5 Å². The number of aromatic nitrogens is 2. The van der Waals surface area contributed by atoms with Crippen molar-refractivity contribution >= 4 is 40.2 Å². The van der Waals surface area contributed by atoms with Crippen LogP contribution in [0, 0.1) is 12.3 Å². The molecule has 0 radical (unpaired) electrons. The molecule has 1 saturated heterocycles. The van der Waals surface area contributed by atoms with Crippen molar-refractivity contribution in [3.8, 4) is 11.3 Å². The third-order valence-corrected chi connectivity index (χ3v) is 9.54. The Morgan fingerprint density at radius 2 is 1.88 bits per heavy atom. The topological polar surface area (TPSA) is 79.5 Å². The van der Waals surface area contributed by atoms with Gasteiger partial charge in [-0.25, -0.2) is 9.78 Å². The largest absolute Gasteiger partial charge is 0.477 e. The molecule has 0 bridgehead atoms. The number of rotatable bonds is 5. The molecule has 4 aromatic rings. The zero-order valence-electron chi connectivity index (χ0n) is 23.5. The van der Waals surface area contributed by atoms with Gasteiger partial charge in [0, 0.05) is 41.2 Å². The predicted octanol–water partition coefficient (Wildman–Crippen LogP) is 8.91. The fourth-order valence-electron chi connectivity index (χ4n) is 6.77. The van der Waals surface area contributed by atoms with E-state index in [9.17, 15) is 23.1 Å². The van der Waals surface area contributed by atoms with Crippen LogP contribution in [-0.4, -0.2) is 34.3 Å². The summed E-state index contributed by atoms with van der Waals surface area (Å²) in [5.74, 6) is -0.147. The number of carbonyl (C=O) groups is 1. The lowest BCUT2D eigenvalue weighted by Crippen LogP contribution is -2.44. The molecule has 43 heavy (non-hydrogen) atoms. The number of aryl methyl sites for hydroxylation is 1. The molecule has 1 spiro atoms. The van der Waals surface area contributed by atoms with Crippen molar-refractivity contribution in [1.82, 2.24) is 10.1 Å². The highest BCUT2D eigenvalue weighted by atomic mass is 35.5. The zero-order valence-corrected chi connectivity index (χ0v) is 24.2. The molecular formula is C33H29ClF3N3O3. The highest BCUT2D eigenvalue weighted by Gasteiger charge is 2.43. The van der Waals surface area contributed by atoms with E-state index >= 15 is 0 Å². The quantitative estimate of drug-likeness (QED) is 0.244. The van der Waals surface area contributed by atoms with Crippen molar-refractivity contribution in [2.24, 2.45) is 5.41 Å². The van der Waals surface area contributed by atoms with E-state index < -0.39 is 23.4 Å². The summed E-state index contributed by atoms with van der Waals surface area (Å²) in [5.41, 5.74) is 4.42. The van der Waals surface area contributed by atoms with Crippen LogP contribution >= 0.6 is 11.6 Å². The Balaban J connectivity index is 1.10. The number of aromatic carboxylic acids is 1. The molecule has 2 aromatic carbocycles. The smallest absolute Gasteiger partial charge is 0.417 e. The van der Waals surface area contributed by atoms with Gasteiger partial charge in [-0.15, -0.1) is 0 Å². The molecule has 0 unspecified atom stereocenters. The van der Waals surface area contributed by atoms with Crippen LogP contribution < -0.4 is 4.90 Å². The minimum absolute atomic E-state index is 0.0175. The average Bonchev–Trinajstić information content (AvgIpc) is 3.72. The Bertz CT molecular complexity index is 1770. The van der Waals surface area contributed by atoms with E-state index in [0.29, 0.717) is 22.7 Å². The van der Waals surface area contributed by atoms with Crippen molar-refractivity contribution in [1.29, 1.82) is 0 Å². The molecule has 1 aliphatic heterocycles. The third-order valence-electron chi connectivity index (χ3n) is 9.22. The number of anilines is 1. The number of nitrogens with zero attached hydrogens (tertiary/aromatic N) is 3. The van der Waals surface area contributed by atoms with Crippen molar-refractivity contribution in [2.45, 2.75) is 57.5 Å². The van der Waals surface area contributed by atoms with Crippen LogP contribution in [0.4, 0.5) is 18.9 Å². The lowest BCUT2D eigenvalue weighted by Gasteiger charge is -2.50. The van der Waals surface area contributed by atoms with Gasteiger partial charge in [-0.2, -0.15) is 13.2 Å². The van der Waals surface area contributed by atoms with Crippen LogP contribution in [0.5, 0.6) is 0 Å². The first-order chi connectivity index (χ1) is 20.5. The van der Waals surface area contributed by atoms with Gasteiger partial charge in [0.25, 0.3) is 0 Å². The van der Waals surface area contributed by atoms with E-state index in [2.05, 4.69) is 21.1 Å². The van der Waals surface area contributed by atoms with Crippen LogP contribution in [0.15, 0.2) is 52.6 Å². The number of hydrogen-bond donors (Lipinski definition) is 1. The van der Waals surface area contributed by atoms with Crippen molar-refractivity contribution < 1.29 is 27.6 Å². The van der Waals surface area contributed by atoms with Crippen LogP contribution in [-0.2, 0) is 6.18 Å². The molecule has 3 heterocycles. The van der Waals surface area contributed by atoms with Crippen LogP contribution in [0.2, 0.25) is 5.02 Å². The standard InChI is InChI=1S/C33H29ClF3N3O3/c1-18-3-2-4-25(34)28(18)29-23(30(43-39-29)20-5-6-20)13-19-16-32(17-19)9-11-40(12-10-32)21-7-8-26-22(14-21)24(33(35,36)37)15-27(38-26)31(41)42/h2-4,7-8,13-15,20H,5-6,9-12,16-17H2,1H3,(H,41,42). The first-order valence-corrected chi connectivity index (χ1v) is 14.8. The minimum Gasteiger partial charge on any atom is -0.477 e.